The van der Waals surface area contributed by atoms with Gasteiger partial charge in [-0.2, -0.15) is 4.72 Å². The van der Waals surface area contributed by atoms with E-state index in [1.807, 2.05) is 24.3 Å². The fraction of sp³-hybridized carbons (Fsp3) is 0.188. The van der Waals surface area contributed by atoms with E-state index in [1.165, 1.54) is 19.1 Å². The van der Waals surface area contributed by atoms with Crippen LogP contribution in [0.3, 0.4) is 0 Å². The molecule has 0 aliphatic heterocycles. The maximum absolute atomic E-state index is 12.1. The Morgan fingerprint density at radius 1 is 1.13 bits per heavy atom. The number of carbonyl (C=O) groups is 1. The number of esters is 1. The van der Waals surface area contributed by atoms with Gasteiger partial charge in [-0.25, -0.2) is 8.42 Å². The highest BCUT2D eigenvalue weighted by Crippen LogP contribution is 2.12. The highest BCUT2D eigenvalue weighted by Gasteiger charge is 2.22. The molecule has 1 N–H and O–H groups in total. The Bertz CT molecular complexity index is 760. The van der Waals surface area contributed by atoms with Crippen LogP contribution in [0.1, 0.15) is 12.5 Å². The van der Waals surface area contributed by atoms with Crippen LogP contribution in [0.15, 0.2) is 64.0 Å². The number of rotatable bonds is 6. The van der Waals surface area contributed by atoms with Crippen molar-refractivity contribution in [3.63, 3.8) is 0 Å². The second-order valence-corrected chi connectivity index (χ2v) is 7.52. The van der Waals surface area contributed by atoms with Gasteiger partial charge in [0, 0.05) is 4.47 Å². The van der Waals surface area contributed by atoms with Crippen molar-refractivity contribution in [3.8, 4) is 0 Å². The molecule has 0 aliphatic carbocycles. The van der Waals surface area contributed by atoms with Crippen LogP contribution in [0.4, 0.5) is 0 Å². The summed E-state index contributed by atoms with van der Waals surface area (Å²) in [6, 6.07) is 14.2. The summed E-state index contributed by atoms with van der Waals surface area (Å²) in [6.45, 7) is 1.54. The van der Waals surface area contributed by atoms with Gasteiger partial charge in [0.25, 0.3) is 0 Å². The fourth-order valence-electron chi connectivity index (χ4n) is 1.81. The summed E-state index contributed by atoms with van der Waals surface area (Å²) < 4.78 is 32.6. The van der Waals surface area contributed by atoms with E-state index < -0.39 is 22.0 Å². The van der Waals surface area contributed by atoms with Crippen LogP contribution >= 0.6 is 15.9 Å². The minimum atomic E-state index is -3.75. The minimum absolute atomic E-state index is 0.0868. The molecule has 0 aromatic heterocycles. The van der Waals surface area contributed by atoms with E-state index in [4.69, 9.17) is 4.74 Å². The van der Waals surface area contributed by atoms with Crippen LogP contribution in [-0.2, 0) is 26.2 Å². The first-order chi connectivity index (χ1) is 10.9. The molecule has 0 saturated heterocycles. The standard InChI is InChI=1S/C16H16BrNO4S/c1-12(18-23(20,21)15-5-3-2-4-6-15)16(19)22-11-13-7-9-14(17)10-8-13/h2-10,12,18H,11H2,1H3. The van der Waals surface area contributed by atoms with Crippen molar-refractivity contribution in [1.82, 2.24) is 4.72 Å². The van der Waals surface area contributed by atoms with Crippen LogP contribution in [0.2, 0.25) is 0 Å². The van der Waals surface area contributed by atoms with Crippen LogP contribution in [0.5, 0.6) is 0 Å². The van der Waals surface area contributed by atoms with Crippen molar-refractivity contribution >= 4 is 31.9 Å². The van der Waals surface area contributed by atoms with Crippen molar-refractivity contribution in [2.24, 2.45) is 0 Å². The van der Waals surface area contributed by atoms with E-state index in [9.17, 15) is 13.2 Å². The fourth-order valence-corrected chi connectivity index (χ4v) is 3.29. The number of hydrogen-bond acceptors (Lipinski definition) is 4. The predicted molar refractivity (Wildman–Crippen MR) is 90.2 cm³/mol. The van der Waals surface area contributed by atoms with Gasteiger partial charge in [-0.05, 0) is 36.8 Å². The number of halogens is 1. The maximum atomic E-state index is 12.1. The lowest BCUT2D eigenvalue weighted by Crippen LogP contribution is -2.39. The molecule has 23 heavy (non-hydrogen) atoms. The summed E-state index contributed by atoms with van der Waals surface area (Å²) in [5.41, 5.74) is 0.819. The average molecular weight is 398 g/mol. The van der Waals surface area contributed by atoms with Gasteiger partial charge in [0.2, 0.25) is 10.0 Å². The molecule has 122 valence electrons. The molecular formula is C16H16BrNO4S. The molecule has 0 spiro atoms. The Balaban J connectivity index is 1.93. The second kappa shape index (κ2) is 7.72. The molecule has 2 aromatic carbocycles. The Kier molecular flexibility index (Phi) is 5.92. The molecule has 0 aliphatic rings. The number of ether oxygens (including phenoxy) is 1. The number of hydrogen-bond donors (Lipinski definition) is 1. The predicted octanol–water partition coefficient (Wildman–Crippen LogP) is 2.86. The quantitative estimate of drug-likeness (QED) is 0.760. The minimum Gasteiger partial charge on any atom is -0.460 e. The van der Waals surface area contributed by atoms with E-state index in [2.05, 4.69) is 20.7 Å². The van der Waals surface area contributed by atoms with Crippen molar-refractivity contribution < 1.29 is 17.9 Å². The third-order valence-electron chi connectivity index (χ3n) is 3.03. The smallest absolute Gasteiger partial charge is 0.324 e. The number of nitrogens with one attached hydrogen (secondary N) is 1. The van der Waals surface area contributed by atoms with Crippen molar-refractivity contribution in [3.05, 3.63) is 64.6 Å². The summed E-state index contributed by atoms with van der Waals surface area (Å²) in [4.78, 5) is 12.0. The van der Waals surface area contributed by atoms with Crippen LogP contribution in [0.25, 0.3) is 0 Å². The molecule has 0 amide bonds. The van der Waals surface area contributed by atoms with E-state index in [1.54, 1.807) is 18.2 Å². The molecule has 0 bridgehead atoms. The molecular weight excluding hydrogens is 382 g/mol. The molecule has 0 fully saturated rings. The molecule has 5 nitrogen and oxygen atoms in total. The zero-order chi connectivity index (χ0) is 16.9. The molecule has 1 unspecified atom stereocenters. The number of carbonyl (C=O) groups excluding carboxylic acids is 1. The molecule has 0 heterocycles. The lowest BCUT2D eigenvalue weighted by Gasteiger charge is -2.14. The van der Waals surface area contributed by atoms with E-state index in [0.717, 1.165) is 10.0 Å². The molecule has 7 heteroatoms. The Morgan fingerprint density at radius 2 is 1.74 bits per heavy atom. The summed E-state index contributed by atoms with van der Waals surface area (Å²) in [5.74, 6) is -0.632. The first-order valence-corrected chi connectivity index (χ1v) is 9.14. The van der Waals surface area contributed by atoms with E-state index >= 15 is 0 Å². The summed E-state index contributed by atoms with van der Waals surface area (Å²) in [7, 11) is -3.75. The van der Waals surface area contributed by atoms with Gasteiger partial charge in [0.1, 0.15) is 12.6 Å². The van der Waals surface area contributed by atoms with Crippen LogP contribution in [-0.4, -0.2) is 20.4 Å². The van der Waals surface area contributed by atoms with Gasteiger partial charge < -0.3 is 4.74 Å². The van der Waals surface area contributed by atoms with E-state index in [0.29, 0.717) is 0 Å². The third-order valence-corrected chi connectivity index (χ3v) is 5.12. The molecule has 2 aromatic rings. The van der Waals surface area contributed by atoms with Gasteiger partial charge in [0.15, 0.2) is 0 Å². The lowest BCUT2D eigenvalue weighted by molar-refractivity contribution is -0.146. The largest absolute Gasteiger partial charge is 0.460 e. The van der Waals surface area contributed by atoms with Crippen LogP contribution < -0.4 is 4.72 Å². The maximum Gasteiger partial charge on any atom is 0.324 e. The average Bonchev–Trinajstić information content (AvgIpc) is 2.54. The van der Waals surface area contributed by atoms with Gasteiger partial charge in [-0.3, -0.25) is 4.79 Å². The van der Waals surface area contributed by atoms with Crippen molar-refractivity contribution in [2.45, 2.75) is 24.5 Å². The first-order valence-electron chi connectivity index (χ1n) is 6.87. The summed E-state index contributed by atoms with van der Waals surface area (Å²) >= 11 is 3.32. The lowest BCUT2D eigenvalue weighted by atomic mass is 10.2. The van der Waals surface area contributed by atoms with Crippen LogP contribution in [0, 0.1) is 0 Å². The summed E-state index contributed by atoms with van der Waals surface area (Å²) in [6.07, 6.45) is 0. The monoisotopic (exact) mass is 397 g/mol. The molecule has 0 radical (unpaired) electrons. The Morgan fingerprint density at radius 3 is 2.35 bits per heavy atom. The SMILES string of the molecule is CC(NS(=O)(=O)c1ccccc1)C(=O)OCc1ccc(Br)cc1. The molecule has 1 atom stereocenters. The highest BCUT2D eigenvalue weighted by molar-refractivity contribution is 9.10. The van der Waals surface area contributed by atoms with Crippen molar-refractivity contribution in [1.29, 1.82) is 0 Å². The zero-order valence-corrected chi connectivity index (χ0v) is 14.8. The van der Waals surface area contributed by atoms with Gasteiger partial charge in [0.05, 0.1) is 4.90 Å². The zero-order valence-electron chi connectivity index (χ0n) is 12.4. The van der Waals surface area contributed by atoms with E-state index in [-0.39, 0.29) is 11.5 Å². The topological polar surface area (TPSA) is 72.5 Å². The Labute approximate surface area is 143 Å². The number of sulfonamides is 1. The Hall–Kier alpha value is -1.70. The molecule has 0 saturated carbocycles. The molecule has 2 rings (SSSR count). The highest BCUT2D eigenvalue weighted by atomic mass is 79.9. The van der Waals surface area contributed by atoms with Gasteiger partial charge in [-0.1, -0.05) is 46.3 Å². The van der Waals surface area contributed by atoms with Gasteiger partial charge in [-0.15, -0.1) is 0 Å². The number of benzene rings is 2. The normalized spacial score (nSPS) is 12.6. The third kappa shape index (κ3) is 5.16. The summed E-state index contributed by atoms with van der Waals surface area (Å²) in [5, 5.41) is 0. The van der Waals surface area contributed by atoms with Crippen molar-refractivity contribution in [2.75, 3.05) is 0 Å². The van der Waals surface area contributed by atoms with Gasteiger partial charge >= 0.3 is 5.97 Å². The second-order valence-electron chi connectivity index (χ2n) is 4.89. The first kappa shape index (κ1) is 17.7.